The molecule has 10 heteroatoms. The third-order valence-electron chi connectivity index (χ3n) is 12.6. The van der Waals surface area contributed by atoms with Crippen LogP contribution < -0.4 is 25.8 Å². The Kier molecular flexibility index (Phi) is 13.0. The monoisotopic (exact) mass is 775 g/mol. The van der Waals surface area contributed by atoms with Gasteiger partial charge in [0.25, 0.3) is 6.23 Å². The number of Topliss-reactive ketones (excluding diaryl/α,β-unsaturated/α-hetero) is 1. The molecule has 0 aromatic heterocycles. The number of hydrogen-bond donors (Lipinski definition) is 6. The third-order valence-corrected chi connectivity index (χ3v) is 12.6. The first-order valence-electron chi connectivity index (χ1n) is 21.1. The van der Waals surface area contributed by atoms with Crippen molar-refractivity contribution in [2.24, 2.45) is 33.7 Å². The summed E-state index contributed by atoms with van der Waals surface area (Å²) in [5, 5.41) is 33.3. The van der Waals surface area contributed by atoms with Gasteiger partial charge in [0.1, 0.15) is 42.4 Å². The number of ketones is 1. The number of ether oxygens (including phenoxy) is 2. The van der Waals surface area contributed by atoms with Crippen LogP contribution in [0.3, 0.4) is 0 Å². The van der Waals surface area contributed by atoms with Gasteiger partial charge in [-0.2, -0.15) is 0 Å². The Morgan fingerprint density at radius 3 is 2.63 bits per heavy atom. The van der Waals surface area contributed by atoms with Crippen molar-refractivity contribution in [1.29, 1.82) is 0 Å². The first kappa shape index (κ1) is 40.9. The molecule has 1 aliphatic carbocycles. The van der Waals surface area contributed by atoms with E-state index in [4.69, 9.17) is 25.9 Å². The van der Waals surface area contributed by atoms with Gasteiger partial charge in [-0.1, -0.05) is 94.4 Å². The number of rotatable bonds is 14. The number of nitrogens with two attached hydrogens (primary N) is 2. The lowest BCUT2D eigenvalue weighted by molar-refractivity contribution is -0.891. The van der Waals surface area contributed by atoms with Crippen molar-refractivity contribution in [1.82, 2.24) is 0 Å². The third kappa shape index (κ3) is 9.08. The summed E-state index contributed by atoms with van der Waals surface area (Å²) in [6.45, 7) is 4.77. The SMILES string of the molecule is CCCCC[C@H](C(=O)CCc1ccc2c(c1)O[C@H]1[C@@H](C#C[C@H](O)c3ccc(C(N)N)cc3CC3=C4C[NH+]1C=C4N=C3)C1(C#CO2)CCCC1)[C@H](O)C[C@H](O)CCC. The van der Waals surface area contributed by atoms with E-state index in [0.29, 0.717) is 49.3 Å². The van der Waals surface area contributed by atoms with Crippen molar-refractivity contribution in [2.45, 2.75) is 134 Å². The van der Waals surface area contributed by atoms with Crippen LogP contribution in [0.5, 0.6) is 11.5 Å². The average Bonchev–Trinajstić information content (AvgIpc) is 3.94. The fourth-order valence-electron chi connectivity index (χ4n) is 9.38. The Labute approximate surface area is 337 Å². The van der Waals surface area contributed by atoms with Crippen LogP contribution in [0.4, 0.5) is 0 Å². The molecule has 7 atom stereocenters. The predicted octanol–water partition coefficient (Wildman–Crippen LogP) is 4.86. The Bertz CT molecular complexity index is 2030. The zero-order valence-corrected chi connectivity index (χ0v) is 33.4. The van der Waals surface area contributed by atoms with Gasteiger partial charge >= 0.3 is 0 Å². The Hall–Kier alpha value is -4.26. The lowest BCUT2D eigenvalue weighted by atomic mass is 9.73. The second-order valence-corrected chi connectivity index (χ2v) is 16.7. The highest BCUT2D eigenvalue weighted by Crippen LogP contribution is 2.47. The van der Waals surface area contributed by atoms with Crippen molar-refractivity contribution in [3.63, 3.8) is 0 Å². The number of aryl methyl sites for hydroxylation is 1. The highest BCUT2D eigenvalue weighted by Gasteiger charge is 2.51. The van der Waals surface area contributed by atoms with E-state index in [1.165, 1.54) is 0 Å². The second-order valence-electron chi connectivity index (χ2n) is 16.7. The number of allylic oxidation sites excluding steroid dienone is 1. The van der Waals surface area contributed by atoms with E-state index in [1.807, 2.05) is 49.5 Å². The van der Waals surface area contributed by atoms with E-state index < -0.39 is 48.0 Å². The van der Waals surface area contributed by atoms with E-state index in [0.717, 1.165) is 89.8 Å². The fraction of sp³-hybridized carbons (Fsp3) is 0.532. The van der Waals surface area contributed by atoms with Crippen LogP contribution in [-0.4, -0.2) is 52.3 Å². The van der Waals surface area contributed by atoms with E-state index >= 15 is 0 Å². The highest BCUT2D eigenvalue weighted by atomic mass is 16.5. The number of nitrogens with one attached hydrogen (secondary N) is 1. The molecular formula is C47H59N4O6+. The molecule has 0 amide bonds. The highest BCUT2D eigenvalue weighted by molar-refractivity contribution is 5.87. The molecule has 7 rings (SSSR count). The number of aliphatic hydroxyl groups excluding tert-OH is 3. The zero-order chi connectivity index (χ0) is 40.1. The summed E-state index contributed by atoms with van der Waals surface area (Å²) in [6.07, 6.45) is 13.4. The topological polar surface area (TPSA) is 165 Å². The van der Waals surface area contributed by atoms with Crippen LogP contribution in [-0.2, 0) is 17.6 Å². The van der Waals surface area contributed by atoms with Gasteiger partial charge in [0.15, 0.2) is 11.5 Å². The summed E-state index contributed by atoms with van der Waals surface area (Å²) in [5.74, 6) is 10.4. The lowest BCUT2D eigenvalue weighted by Crippen LogP contribution is -3.12. The molecular weight excluding hydrogens is 717 g/mol. The van der Waals surface area contributed by atoms with Gasteiger partial charge in [-0.25, -0.2) is 0 Å². The van der Waals surface area contributed by atoms with Crippen LogP contribution in [0.1, 0.15) is 125 Å². The molecule has 1 unspecified atom stereocenters. The minimum atomic E-state index is -1.06. The van der Waals surface area contributed by atoms with Crippen LogP contribution >= 0.6 is 0 Å². The van der Waals surface area contributed by atoms with Gasteiger partial charge in [-0.05, 0) is 84.9 Å². The Morgan fingerprint density at radius 1 is 1.04 bits per heavy atom. The van der Waals surface area contributed by atoms with Crippen LogP contribution in [0.25, 0.3) is 0 Å². The zero-order valence-electron chi connectivity index (χ0n) is 33.4. The first-order valence-corrected chi connectivity index (χ1v) is 21.1. The number of aliphatic hydroxyl groups is 3. The number of aliphatic imine (C=N–C) groups is 1. The summed E-state index contributed by atoms with van der Waals surface area (Å²) < 4.78 is 13.3. The Balaban J connectivity index is 1.21. The number of carbonyl (C=O) groups is 1. The lowest BCUT2D eigenvalue weighted by Gasteiger charge is -2.36. The summed E-state index contributed by atoms with van der Waals surface area (Å²) in [7, 11) is 0. The molecule has 2 bridgehead atoms. The van der Waals surface area contributed by atoms with Gasteiger partial charge < -0.3 is 36.3 Å². The van der Waals surface area contributed by atoms with Crippen LogP contribution in [0.15, 0.2) is 64.4 Å². The van der Waals surface area contributed by atoms with E-state index in [2.05, 4.69) is 37.0 Å². The molecule has 0 saturated heterocycles. The van der Waals surface area contributed by atoms with Gasteiger partial charge in [-0.15, -0.1) is 0 Å². The molecule has 1 spiro atoms. The smallest absolute Gasteiger partial charge is 0.252 e. The predicted molar refractivity (Wildman–Crippen MR) is 220 cm³/mol. The van der Waals surface area contributed by atoms with E-state index in [1.54, 1.807) is 0 Å². The van der Waals surface area contributed by atoms with Crippen molar-refractivity contribution >= 4 is 12.0 Å². The van der Waals surface area contributed by atoms with E-state index in [-0.39, 0.29) is 18.6 Å². The Morgan fingerprint density at radius 2 is 1.86 bits per heavy atom. The van der Waals surface area contributed by atoms with Gasteiger partial charge in [0, 0.05) is 24.1 Å². The largest absolute Gasteiger partial charge is 0.437 e. The number of quaternary nitrogens is 1. The molecule has 0 radical (unpaired) electrons. The number of fused-ring (bicyclic) bond motifs is 6. The molecule has 1 saturated carbocycles. The summed E-state index contributed by atoms with van der Waals surface area (Å²) >= 11 is 0. The molecule has 10 nitrogen and oxygen atoms in total. The average molecular weight is 776 g/mol. The fourth-order valence-corrected chi connectivity index (χ4v) is 9.38. The molecule has 4 heterocycles. The molecule has 302 valence electrons. The van der Waals surface area contributed by atoms with Gasteiger partial charge in [-0.3, -0.25) is 14.7 Å². The summed E-state index contributed by atoms with van der Waals surface area (Å²) in [6, 6.07) is 11.5. The molecule has 4 aliphatic heterocycles. The van der Waals surface area contributed by atoms with Crippen molar-refractivity contribution in [2.75, 3.05) is 6.54 Å². The van der Waals surface area contributed by atoms with Gasteiger partial charge in [0.2, 0.25) is 0 Å². The molecule has 8 N–H and O–H groups in total. The normalized spacial score (nSPS) is 24.3. The molecule has 2 aromatic rings. The minimum Gasteiger partial charge on any atom is -0.437 e. The maximum absolute atomic E-state index is 13.8. The molecule has 2 aromatic carbocycles. The number of benzene rings is 2. The quantitative estimate of drug-likeness (QED) is 0.0900. The maximum atomic E-state index is 13.8. The minimum absolute atomic E-state index is 0.0123. The second kappa shape index (κ2) is 18.1. The van der Waals surface area contributed by atoms with Crippen LogP contribution in [0, 0.1) is 41.1 Å². The van der Waals surface area contributed by atoms with Crippen molar-refractivity contribution in [3.05, 3.63) is 81.7 Å². The van der Waals surface area contributed by atoms with Crippen molar-refractivity contribution in [3.8, 4) is 35.4 Å². The van der Waals surface area contributed by atoms with Crippen LogP contribution in [0.2, 0.25) is 0 Å². The first-order chi connectivity index (χ1) is 27.6. The summed E-state index contributed by atoms with van der Waals surface area (Å²) in [4.78, 5) is 19.6. The number of carbonyl (C=O) groups excluding carboxylic acids is 1. The molecule has 57 heavy (non-hydrogen) atoms. The number of unbranched alkanes of at least 4 members (excludes halogenated alkanes) is 2. The van der Waals surface area contributed by atoms with E-state index in [9.17, 15) is 20.1 Å². The van der Waals surface area contributed by atoms with Gasteiger partial charge in [0.05, 0.1) is 23.8 Å². The molecule has 1 fully saturated rings. The maximum Gasteiger partial charge on any atom is 0.252 e. The number of hydrogen-bond acceptors (Lipinski definition) is 9. The van der Waals surface area contributed by atoms with Crippen molar-refractivity contribution < 1.29 is 34.5 Å². The number of nitrogens with zero attached hydrogens (tertiary/aromatic N) is 1. The summed E-state index contributed by atoms with van der Waals surface area (Å²) in [5.41, 5.74) is 18.1. The standard InChI is InChI=1S/C47H58N4O6/c1-3-5-6-10-36(42(55)26-34(52)9-4-2)41(54)16-11-30-12-18-43-44(23-30)57-46-38(47(21-22-56-43)19-7-8-20-47)15-17-40(53)35-14-13-31(45(48)49)24-32(35)25-33-27-50-39-29-51(46)28-37(33)39/h12-14,18,23-24,27,29,34,36,38,40,42,45-46,52-53,55H,3-11,16,19-20,25-26,28,48-49H2,1-2H3/p+1/t34-,36-,38-,40+,42-,46+/m1/s1. The molecule has 5 aliphatic rings.